The van der Waals surface area contributed by atoms with Crippen molar-refractivity contribution in [3.8, 4) is 0 Å². The maximum atomic E-state index is 3.36. The quantitative estimate of drug-likeness (QED) is 0.340. The standard InChI is InChI=1S/C20H12.C3H8.C2H6/c1-5-13-6-2-11-17-18-12-4-8-14-7-3-10-16(20(14)18)15(9-1)19(13)17;1-3-2;1-2/h1-2,5-6,8-11H,3,7H2;3H2,1-2H3;1-2H3. The molecule has 4 aromatic rings. The molecule has 25 heavy (non-hydrogen) atoms. The Morgan fingerprint density at radius 3 is 2.32 bits per heavy atom. The first kappa shape index (κ1) is 17.3. The second kappa shape index (κ2) is 7.58. The molecule has 0 heterocycles. The smallest absolute Gasteiger partial charge is 0.0409 e. The summed E-state index contributed by atoms with van der Waals surface area (Å²) < 4.78 is 0. The van der Waals surface area contributed by atoms with Crippen molar-refractivity contribution in [2.45, 2.75) is 47.0 Å². The van der Waals surface area contributed by atoms with Crippen molar-refractivity contribution >= 4 is 38.4 Å². The first-order chi connectivity index (χ1) is 12.3. The van der Waals surface area contributed by atoms with Crippen LogP contribution in [0.15, 0.2) is 42.5 Å². The van der Waals surface area contributed by atoms with Gasteiger partial charge in [-0.15, -0.1) is 0 Å². The molecule has 0 saturated carbocycles. The van der Waals surface area contributed by atoms with Gasteiger partial charge in [-0.05, 0) is 51.2 Å². The van der Waals surface area contributed by atoms with Crippen LogP contribution in [0.1, 0.15) is 46.1 Å². The van der Waals surface area contributed by atoms with Crippen molar-refractivity contribution in [1.29, 1.82) is 0 Å². The number of rotatable bonds is 0. The van der Waals surface area contributed by atoms with Crippen molar-refractivity contribution in [2.75, 3.05) is 0 Å². The van der Waals surface area contributed by atoms with Crippen LogP contribution in [0, 0.1) is 12.1 Å². The van der Waals surface area contributed by atoms with Gasteiger partial charge in [-0.3, -0.25) is 0 Å². The number of fused-ring (bicyclic) bond motifs is 2. The molecule has 126 valence electrons. The van der Waals surface area contributed by atoms with E-state index in [2.05, 4.69) is 74.5 Å². The van der Waals surface area contributed by atoms with E-state index in [1.807, 2.05) is 13.8 Å². The second-order valence-electron chi connectivity index (χ2n) is 6.26. The number of aryl methyl sites for hydroxylation is 1. The van der Waals surface area contributed by atoms with E-state index in [-0.39, 0.29) is 0 Å². The summed E-state index contributed by atoms with van der Waals surface area (Å²) in [4.78, 5) is 0. The van der Waals surface area contributed by atoms with E-state index in [1.54, 1.807) is 0 Å². The summed E-state index contributed by atoms with van der Waals surface area (Å²) in [5, 5.41) is 9.40. The fraction of sp³-hybridized carbons (Fsp3) is 0.280. The molecular weight excluding hydrogens is 300 g/mol. The summed E-state index contributed by atoms with van der Waals surface area (Å²) >= 11 is 0. The highest BCUT2D eigenvalue weighted by molar-refractivity contribution is 6.21. The summed E-state index contributed by atoms with van der Waals surface area (Å²) in [6, 6.07) is 21.9. The summed E-state index contributed by atoms with van der Waals surface area (Å²) in [5.41, 5.74) is 1.42. The molecule has 0 N–H and O–H groups in total. The number of hydrogen-bond donors (Lipinski definition) is 0. The second-order valence-corrected chi connectivity index (χ2v) is 6.26. The zero-order chi connectivity index (χ0) is 17.8. The number of benzene rings is 3. The Morgan fingerprint density at radius 1 is 0.920 bits per heavy atom. The van der Waals surface area contributed by atoms with E-state index in [0.29, 0.717) is 0 Å². The maximum absolute atomic E-state index is 3.36. The highest BCUT2D eigenvalue weighted by atomic mass is 14.2. The van der Waals surface area contributed by atoms with Crippen molar-refractivity contribution in [2.24, 2.45) is 0 Å². The molecule has 0 amide bonds. The largest absolute Gasteiger partial charge is 0.0756 e. The lowest BCUT2D eigenvalue weighted by Gasteiger charge is -2.15. The van der Waals surface area contributed by atoms with E-state index < -0.39 is 0 Å². The lowest BCUT2D eigenvalue weighted by molar-refractivity contribution is 1.04. The highest BCUT2D eigenvalue weighted by Crippen LogP contribution is 2.32. The fourth-order valence-corrected chi connectivity index (χ4v) is 3.69. The van der Waals surface area contributed by atoms with Crippen molar-refractivity contribution < 1.29 is 0 Å². The van der Waals surface area contributed by atoms with Gasteiger partial charge in [-0.1, -0.05) is 88.7 Å². The monoisotopic (exact) mass is 326 g/mol. The van der Waals surface area contributed by atoms with Crippen molar-refractivity contribution in [3.05, 3.63) is 65.4 Å². The predicted molar refractivity (Wildman–Crippen MR) is 112 cm³/mol. The van der Waals surface area contributed by atoms with Crippen LogP contribution in [-0.2, 0) is 6.42 Å². The van der Waals surface area contributed by atoms with Gasteiger partial charge in [0, 0.05) is 10.8 Å². The molecule has 0 radical (unpaired) electrons. The third kappa shape index (κ3) is 2.85. The molecule has 1 aliphatic carbocycles. The maximum Gasteiger partial charge on any atom is 0.0409 e. The molecule has 0 aromatic heterocycles. The molecule has 0 spiro atoms. The first-order valence-corrected chi connectivity index (χ1v) is 9.53. The van der Waals surface area contributed by atoms with E-state index in [1.165, 1.54) is 49.5 Å². The summed E-state index contributed by atoms with van der Waals surface area (Å²) in [5.74, 6) is 0. The molecule has 0 saturated heterocycles. The van der Waals surface area contributed by atoms with E-state index >= 15 is 0 Å². The number of hydrogen-bond acceptors (Lipinski definition) is 0. The Balaban J connectivity index is 0.000000333. The molecule has 0 bridgehead atoms. The molecule has 4 aromatic carbocycles. The average Bonchev–Trinajstić information content (AvgIpc) is 2.68. The Bertz CT molecular complexity index is 1050. The van der Waals surface area contributed by atoms with E-state index in [4.69, 9.17) is 0 Å². The average molecular weight is 326 g/mol. The Morgan fingerprint density at radius 2 is 1.60 bits per heavy atom. The first-order valence-electron chi connectivity index (χ1n) is 9.53. The van der Waals surface area contributed by atoms with Crippen LogP contribution in [0.2, 0.25) is 0 Å². The van der Waals surface area contributed by atoms with Gasteiger partial charge < -0.3 is 0 Å². The van der Waals surface area contributed by atoms with Gasteiger partial charge in [-0.2, -0.15) is 0 Å². The minimum atomic E-state index is 1.12. The lowest BCUT2D eigenvalue weighted by Crippen LogP contribution is -2.11. The van der Waals surface area contributed by atoms with Crippen LogP contribution in [0.5, 0.6) is 0 Å². The Labute approximate surface area is 151 Å². The van der Waals surface area contributed by atoms with Crippen LogP contribution in [0.3, 0.4) is 0 Å². The van der Waals surface area contributed by atoms with Gasteiger partial charge in [0.1, 0.15) is 0 Å². The van der Waals surface area contributed by atoms with E-state index in [0.717, 1.165) is 12.8 Å². The topological polar surface area (TPSA) is 0 Å². The van der Waals surface area contributed by atoms with Crippen molar-refractivity contribution in [3.63, 3.8) is 0 Å². The Hall–Kier alpha value is -2.52. The fourth-order valence-electron chi connectivity index (χ4n) is 3.69. The summed E-state index contributed by atoms with van der Waals surface area (Å²) in [6.45, 7) is 8.25. The van der Waals surface area contributed by atoms with Crippen LogP contribution < -0.4 is 5.22 Å². The zero-order valence-electron chi connectivity index (χ0n) is 15.7. The molecular formula is C25H26. The van der Waals surface area contributed by atoms with Crippen LogP contribution in [0.4, 0.5) is 0 Å². The van der Waals surface area contributed by atoms with Crippen LogP contribution in [-0.4, -0.2) is 0 Å². The lowest BCUT2D eigenvalue weighted by atomic mass is 9.88. The normalized spacial score (nSPS) is 11.8. The molecule has 0 heteroatoms. The van der Waals surface area contributed by atoms with Crippen LogP contribution >= 0.6 is 0 Å². The predicted octanol–water partition coefficient (Wildman–Crippen LogP) is 6.63. The Kier molecular flexibility index (Phi) is 5.25. The minimum Gasteiger partial charge on any atom is -0.0756 e. The van der Waals surface area contributed by atoms with Gasteiger partial charge in [0.25, 0.3) is 0 Å². The molecule has 0 aliphatic heterocycles. The van der Waals surface area contributed by atoms with E-state index in [9.17, 15) is 0 Å². The van der Waals surface area contributed by atoms with Gasteiger partial charge in [0.05, 0.1) is 0 Å². The molecule has 0 fully saturated rings. The highest BCUT2D eigenvalue weighted by Gasteiger charge is 2.13. The third-order valence-electron chi connectivity index (χ3n) is 4.51. The SMILES string of the molecule is CC.CCC.c1cc2c3c(c4cccc5cccc(c3c#1)c54)=CCC2. The van der Waals surface area contributed by atoms with Gasteiger partial charge in [0.15, 0.2) is 0 Å². The molecule has 1 aliphatic rings. The van der Waals surface area contributed by atoms with Gasteiger partial charge in [-0.25, -0.2) is 0 Å². The molecule has 0 atom stereocenters. The summed E-state index contributed by atoms with van der Waals surface area (Å²) in [6.07, 6.45) is 5.89. The van der Waals surface area contributed by atoms with Gasteiger partial charge >= 0.3 is 0 Å². The van der Waals surface area contributed by atoms with Crippen LogP contribution in [0.25, 0.3) is 38.4 Å². The molecule has 0 nitrogen and oxygen atoms in total. The van der Waals surface area contributed by atoms with Crippen molar-refractivity contribution in [1.82, 2.24) is 0 Å². The van der Waals surface area contributed by atoms with Gasteiger partial charge in [0.2, 0.25) is 0 Å². The third-order valence-corrected chi connectivity index (χ3v) is 4.51. The molecule has 5 rings (SSSR count). The minimum absolute atomic E-state index is 1.12. The zero-order valence-corrected chi connectivity index (χ0v) is 15.7. The molecule has 0 unspecified atom stereocenters. The summed E-state index contributed by atoms with van der Waals surface area (Å²) in [7, 11) is 0.